The van der Waals surface area contributed by atoms with Crippen molar-refractivity contribution in [1.82, 2.24) is 9.80 Å². The predicted molar refractivity (Wildman–Crippen MR) is 67.8 cm³/mol. The number of ketones is 1. The third kappa shape index (κ3) is 4.11. The van der Waals surface area contributed by atoms with E-state index in [4.69, 9.17) is 0 Å². The van der Waals surface area contributed by atoms with Crippen molar-refractivity contribution in [1.29, 1.82) is 0 Å². The second-order valence-electron chi connectivity index (χ2n) is 4.99. The first kappa shape index (κ1) is 14.2. The summed E-state index contributed by atoms with van der Waals surface area (Å²) >= 11 is 0. The highest BCUT2D eigenvalue weighted by Crippen LogP contribution is 2.20. The molecule has 1 saturated carbocycles. The molecule has 4 nitrogen and oxygen atoms in total. The van der Waals surface area contributed by atoms with Gasteiger partial charge in [0.2, 0.25) is 5.91 Å². The molecule has 1 unspecified atom stereocenters. The number of hydrogen-bond donors (Lipinski definition) is 0. The Morgan fingerprint density at radius 2 is 2.06 bits per heavy atom. The minimum Gasteiger partial charge on any atom is -0.348 e. The Kier molecular flexibility index (Phi) is 5.62. The van der Waals surface area contributed by atoms with E-state index < -0.39 is 0 Å². The molecule has 4 heteroatoms. The summed E-state index contributed by atoms with van der Waals surface area (Å²) in [4.78, 5) is 27.3. The molecule has 1 aliphatic rings. The molecule has 0 aromatic rings. The molecule has 0 spiro atoms. The molecule has 0 radical (unpaired) electrons. The van der Waals surface area contributed by atoms with E-state index >= 15 is 0 Å². The summed E-state index contributed by atoms with van der Waals surface area (Å²) in [7, 11) is 3.52. The molecule has 17 heavy (non-hydrogen) atoms. The summed E-state index contributed by atoms with van der Waals surface area (Å²) in [5, 5.41) is 0. The highest BCUT2D eigenvalue weighted by Gasteiger charge is 2.29. The number of amides is 1. The van der Waals surface area contributed by atoms with Gasteiger partial charge in [-0.25, -0.2) is 0 Å². The molecule has 1 atom stereocenters. The summed E-state index contributed by atoms with van der Waals surface area (Å²) in [6.45, 7) is 3.29. The average molecular weight is 240 g/mol. The van der Waals surface area contributed by atoms with Gasteiger partial charge in [0, 0.05) is 20.5 Å². The van der Waals surface area contributed by atoms with Crippen LogP contribution in [-0.2, 0) is 9.59 Å². The number of hydrogen-bond acceptors (Lipinski definition) is 3. The van der Waals surface area contributed by atoms with Gasteiger partial charge in [0.05, 0.1) is 12.6 Å². The van der Waals surface area contributed by atoms with Crippen molar-refractivity contribution in [3.05, 3.63) is 0 Å². The predicted octanol–water partition coefficient (Wildman–Crippen LogP) is 1.30. The van der Waals surface area contributed by atoms with Crippen LogP contribution in [0, 0.1) is 0 Å². The molecule has 1 aliphatic carbocycles. The zero-order chi connectivity index (χ0) is 12.8. The quantitative estimate of drug-likeness (QED) is 0.727. The van der Waals surface area contributed by atoms with Gasteiger partial charge in [0.1, 0.15) is 5.78 Å². The van der Waals surface area contributed by atoms with Crippen LogP contribution in [0.15, 0.2) is 0 Å². The molecule has 1 rings (SSSR count). The van der Waals surface area contributed by atoms with Gasteiger partial charge in [-0.1, -0.05) is 13.3 Å². The Labute approximate surface area is 104 Å². The van der Waals surface area contributed by atoms with Crippen LogP contribution in [0.3, 0.4) is 0 Å². The van der Waals surface area contributed by atoms with Crippen molar-refractivity contribution >= 4 is 11.7 Å². The van der Waals surface area contributed by atoms with Crippen LogP contribution in [0.2, 0.25) is 0 Å². The lowest BCUT2D eigenvalue weighted by Gasteiger charge is -2.33. The van der Waals surface area contributed by atoms with Crippen molar-refractivity contribution in [3.63, 3.8) is 0 Å². The standard InChI is InChI=1S/C13H24N2O2/c1-4-9-15(10-13(17)14(2)3)11-7-5-6-8-12(11)16/h11H,4-10H2,1-3H3. The Balaban J connectivity index is 2.63. The molecule has 0 N–H and O–H groups in total. The lowest BCUT2D eigenvalue weighted by atomic mass is 9.92. The van der Waals surface area contributed by atoms with Gasteiger partial charge in [-0.2, -0.15) is 0 Å². The fraction of sp³-hybridized carbons (Fsp3) is 0.846. The number of Topliss-reactive ketones (excluding diaryl/α,β-unsaturated/α-hetero) is 1. The second kappa shape index (κ2) is 6.74. The molecular weight excluding hydrogens is 216 g/mol. The highest BCUT2D eigenvalue weighted by atomic mass is 16.2. The number of likely N-dealkylation sites (N-methyl/N-ethyl adjacent to an activating group) is 1. The summed E-state index contributed by atoms with van der Waals surface area (Å²) in [5.74, 6) is 0.396. The molecule has 0 heterocycles. The van der Waals surface area contributed by atoms with Gasteiger partial charge < -0.3 is 4.90 Å². The summed E-state index contributed by atoms with van der Waals surface area (Å²) < 4.78 is 0. The molecule has 98 valence electrons. The summed E-state index contributed by atoms with van der Waals surface area (Å²) in [5.41, 5.74) is 0. The maximum Gasteiger partial charge on any atom is 0.236 e. The molecule has 0 aromatic heterocycles. The van der Waals surface area contributed by atoms with Crippen molar-refractivity contribution in [2.45, 2.75) is 45.1 Å². The van der Waals surface area contributed by atoms with Crippen LogP contribution in [-0.4, -0.2) is 54.7 Å². The minimum absolute atomic E-state index is 0.0207. The number of nitrogens with zero attached hydrogens (tertiary/aromatic N) is 2. The van der Waals surface area contributed by atoms with Gasteiger partial charge in [-0.05, 0) is 25.8 Å². The van der Waals surface area contributed by atoms with E-state index in [-0.39, 0.29) is 11.9 Å². The molecular formula is C13H24N2O2. The minimum atomic E-state index is -0.0207. The van der Waals surface area contributed by atoms with Crippen LogP contribution in [0.5, 0.6) is 0 Å². The third-order valence-electron chi connectivity index (χ3n) is 3.31. The number of carbonyl (C=O) groups is 2. The summed E-state index contributed by atoms with van der Waals surface area (Å²) in [6.07, 6.45) is 4.69. The van der Waals surface area contributed by atoms with Crippen LogP contribution in [0.1, 0.15) is 39.0 Å². The molecule has 0 aromatic carbocycles. The topological polar surface area (TPSA) is 40.6 Å². The summed E-state index contributed by atoms with van der Waals surface area (Å²) in [6, 6.07) is -0.0207. The van der Waals surface area contributed by atoms with Crippen LogP contribution < -0.4 is 0 Å². The van der Waals surface area contributed by atoms with Gasteiger partial charge in [0.25, 0.3) is 0 Å². The third-order valence-corrected chi connectivity index (χ3v) is 3.31. The number of rotatable bonds is 5. The van der Waals surface area contributed by atoms with E-state index in [2.05, 4.69) is 11.8 Å². The fourth-order valence-electron chi connectivity index (χ4n) is 2.30. The van der Waals surface area contributed by atoms with E-state index in [0.29, 0.717) is 18.7 Å². The monoisotopic (exact) mass is 240 g/mol. The lowest BCUT2D eigenvalue weighted by Crippen LogP contribution is -2.47. The van der Waals surface area contributed by atoms with E-state index in [1.165, 1.54) is 0 Å². The normalized spacial score (nSPS) is 20.7. The number of carbonyl (C=O) groups excluding carboxylic acids is 2. The molecule has 0 aliphatic heterocycles. The Morgan fingerprint density at radius 3 is 2.59 bits per heavy atom. The SMILES string of the molecule is CCCN(CC(=O)N(C)C)C1CCCCC1=O. The maximum absolute atomic E-state index is 11.9. The second-order valence-corrected chi connectivity index (χ2v) is 4.99. The van der Waals surface area contributed by atoms with E-state index in [1.807, 2.05) is 0 Å². The highest BCUT2D eigenvalue weighted by molar-refractivity contribution is 5.85. The van der Waals surface area contributed by atoms with Gasteiger partial charge in [0.15, 0.2) is 0 Å². The lowest BCUT2D eigenvalue weighted by molar-refractivity contribution is -0.133. The fourth-order valence-corrected chi connectivity index (χ4v) is 2.30. The van der Waals surface area contributed by atoms with E-state index in [9.17, 15) is 9.59 Å². The van der Waals surface area contributed by atoms with E-state index in [1.54, 1.807) is 19.0 Å². The van der Waals surface area contributed by atoms with Crippen molar-refractivity contribution in [2.24, 2.45) is 0 Å². The van der Waals surface area contributed by atoms with Gasteiger partial charge >= 0.3 is 0 Å². The molecule has 1 fully saturated rings. The first-order valence-corrected chi connectivity index (χ1v) is 6.53. The largest absolute Gasteiger partial charge is 0.348 e. The van der Waals surface area contributed by atoms with Gasteiger partial charge in [-0.3, -0.25) is 14.5 Å². The zero-order valence-electron chi connectivity index (χ0n) is 11.2. The van der Waals surface area contributed by atoms with Crippen LogP contribution in [0.25, 0.3) is 0 Å². The zero-order valence-corrected chi connectivity index (χ0v) is 11.2. The average Bonchev–Trinajstić information content (AvgIpc) is 2.29. The molecule has 1 amide bonds. The first-order chi connectivity index (χ1) is 8.06. The van der Waals surface area contributed by atoms with Crippen molar-refractivity contribution in [3.8, 4) is 0 Å². The smallest absolute Gasteiger partial charge is 0.236 e. The van der Waals surface area contributed by atoms with Crippen LogP contribution in [0.4, 0.5) is 0 Å². The Hall–Kier alpha value is -0.900. The van der Waals surface area contributed by atoms with Crippen molar-refractivity contribution < 1.29 is 9.59 Å². The maximum atomic E-state index is 11.9. The van der Waals surface area contributed by atoms with Crippen molar-refractivity contribution in [2.75, 3.05) is 27.2 Å². The first-order valence-electron chi connectivity index (χ1n) is 6.53. The van der Waals surface area contributed by atoms with E-state index in [0.717, 1.165) is 32.2 Å². The molecule has 0 bridgehead atoms. The molecule has 0 saturated heterocycles. The Bertz CT molecular complexity index is 277. The van der Waals surface area contributed by atoms with Crippen LogP contribution >= 0.6 is 0 Å². The Morgan fingerprint density at radius 1 is 1.35 bits per heavy atom. The van der Waals surface area contributed by atoms with Gasteiger partial charge in [-0.15, -0.1) is 0 Å².